The smallest absolute Gasteiger partial charge is 0.225 e. The van der Waals surface area contributed by atoms with E-state index in [0.717, 1.165) is 57.2 Å². The standard InChI is InChI=1S/C23H30F2N6/c24-19-7-3-5-16(21(19)25)14-30-10-4-6-17(15-30)22-18(13-27-29-22)20-8-9-26-23(28-20)31-11-1-2-12-31/h3,5,7-9,17-18,22,27,29H,1-2,4,6,10-15H2. The van der Waals surface area contributed by atoms with Crippen molar-refractivity contribution in [2.24, 2.45) is 5.92 Å². The van der Waals surface area contributed by atoms with Gasteiger partial charge in [-0.25, -0.2) is 18.7 Å². The largest absolute Gasteiger partial charge is 0.341 e. The van der Waals surface area contributed by atoms with E-state index in [1.54, 1.807) is 12.1 Å². The van der Waals surface area contributed by atoms with Crippen LogP contribution < -0.4 is 15.8 Å². The minimum atomic E-state index is -0.773. The first kappa shape index (κ1) is 20.7. The Kier molecular flexibility index (Phi) is 6.11. The maximum absolute atomic E-state index is 14.2. The van der Waals surface area contributed by atoms with Crippen molar-refractivity contribution in [3.8, 4) is 0 Å². The molecular formula is C23H30F2N6. The highest BCUT2D eigenvalue weighted by atomic mass is 19.2. The van der Waals surface area contributed by atoms with Crippen LogP contribution in [0, 0.1) is 17.6 Å². The van der Waals surface area contributed by atoms with Crippen molar-refractivity contribution in [1.29, 1.82) is 0 Å². The second-order valence-corrected chi connectivity index (χ2v) is 8.98. The lowest BCUT2D eigenvalue weighted by atomic mass is 9.82. The SMILES string of the molecule is Fc1cccc(CN2CCCC(C3NNCC3c3ccnc(N4CCCC4)n3)C2)c1F. The first-order valence-corrected chi connectivity index (χ1v) is 11.4. The predicted octanol–water partition coefficient (Wildman–Crippen LogP) is 2.83. The summed E-state index contributed by atoms with van der Waals surface area (Å²) in [6, 6.07) is 6.73. The van der Waals surface area contributed by atoms with Crippen LogP contribution in [-0.2, 0) is 6.54 Å². The first-order valence-electron chi connectivity index (χ1n) is 11.4. The third kappa shape index (κ3) is 4.42. The number of hydrogen-bond acceptors (Lipinski definition) is 6. The van der Waals surface area contributed by atoms with Crippen LogP contribution in [0.25, 0.3) is 0 Å². The zero-order chi connectivity index (χ0) is 21.2. The van der Waals surface area contributed by atoms with Crippen molar-refractivity contribution < 1.29 is 8.78 Å². The summed E-state index contributed by atoms with van der Waals surface area (Å²) in [6.45, 7) is 5.10. The lowest BCUT2D eigenvalue weighted by Gasteiger charge is -2.37. The molecule has 0 aliphatic carbocycles. The normalized spacial score (nSPS) is 27.2. The zero-order valence-corrected chi connectivity index (χ0v) is 17.7. The highest BCUT2D eigenvalue weighted by Gasteiger charge is 2.37. The molecule has 0 bridgehead atoms. The van der Waals surface area contributed by atoms with Gasteiger partial charge < -0.3 is 4.90 Å². The minimum absolute atomic E-state index is 0.251. The molecule has 3 atom stereocenters. The number of hydrogen-bond donors (Lipinski definition) is 2. The second-order valence-electron chi connectivity index (χ2n) is 8.98. The fourth-order valence-electron chi connectivity index (χ4n) is 5.33. The molecule has 0 radical (unpaired) electrons. The molecule has 4 heterocycles. The molecule has 3 fully saturated rings. The van der Waals surface area contributed by atoms with Crippen molar-refractivity contribution in [3.63, 3.8) is 0 Å². The topological polar surface area (TPSA) is 56.3 Å². The van der Waals surface area contributed by atoms with Crippen LogP contribution in [0.1, 0.15) is 42.9 Å². The third-order valence-corrected chi connectivity index (χ3v) is 6.93. The van der Waals surface area contributed by atoms with E-state index in [0.29, 0.717) is 18.0 Å². The summed E-state index contributed by atoms with van der Waals surface area (Å²) >= 11 is 0. The average molecular weight is 429 g/mol. The average Bonchev–Trinajstić information content (AvgIpc) is 3.50. The van der Waals surface area contributed by atoms with Crippen LogP contribution in [0.2, 0.25) is 0 Å². The fraction of sp³-hybridized carbons (Fsp3) is 0.565. The van der Waals surface area contributed by atoms with Gasteiger partial charge in [0, 0.05) is 56.4 Å². The molecule has 3 aliphatic heterocycles. The Balaban J connectivity index is 1.29. The van der Waals surface area contributed by atoms with Crippen molar-refractivity contribution in [2.75, 3.05) is 37.6 Å². The van der Waals surface area contributed by atoms with Gasteiger partial charge >= 0.3 is 0 Å². The van der Waals surface area contributed by atoms with E-state index in [-0.39, 0.29) is 12.0 Å². The van der Waals surface area contributed by atoms with E-state index in [4.69, 9.17) is 4.98 Å². The van der Waals surface area contributed by atoms with Gasteiger partial charge in [0.25, 0.3) is 0 Å². The second kappa shape index (κ2) is 9.14. The van der Waals surface area contributed by atoms with Gasteiger partial charge in [-0.2, -0.15) is 0 Å². The van der Waals surface area contributed by atoms with Crippen LogP contribution in [0.4, 0.5) is 14.7 Å². The lowest BCUT2D eigenvalue weighted by Crippen LogP contribution is -2.46. The number of likely N-dealkylation sites (tertiary alicyclic amines) is 1. The van der Waals surface area contributed by atoms with Gasteiger partial charge in [0.2, 0.25) is 5.95 Å². The molecule has 2 aromatic rings. The molecule has 0 spiro atoms. The Labute approximate surface area is 182 Å². The Morgan fingerprint density at radius 2 is 1.94 bits per heavy atom. The highest BCUT2D eigenvalue weighted by Crippen LogP contribution is 2.32. The Bertz CT molecular complexity index is 903. The number of hydrazine groups is 1. The van der Waals surface area contributed by atoms with E-state index in [1.165, 1.54) is 18.9 Å². The van der Waals surface area contributed by atoms with Crippen molar-refractivity contribution >= 4 is 5.95 Å². The monoisotopic (exact) mass is 428 g/mol. The molecule has 3 unspecified atom stereocenters. The van der Waals surface area contributed by atoms with Gasteiger partial charge in [-0.1, -0.05) is 12.1 Å². The van der Waals surface area contributed by atoms with Gasteiger partial charge in [-0.3, -0.25) is 15.8 Å². The maximum atomic E-state index is 14.2. The Hall–Kier alpha value is -2.16. The van der Waals surface area contributed by atoms with Crippen LogP contribution in [0.5, 0.6) is 0 Å². The summed E-state index contributed by atoms with van der Waals surface area (Å²) < 4.78 is 27.8. The lowest BCUT2D eigenvalue weighted by molar-refractivity contribution is 0.137. The van der Waals surface area contributed by atoms with E-state index < -0.39 is 11.6 Å². The fourth-order valence-corrected chi connectivity index (χ4v) is 5.33. The van der Waals surface area contributed by atoms with Gasteiger partial charge in [0.15, 0.2) is 11.6 Å². The quantitative estimate of drug-likeness (QED) is 0.764. The van der Waals surface area contributed by atoms with E-state index >= 15 is 0 Å². The van der Waals surface area contributed by atoms with Crippen LogP contribution in [0.3, 0.4) is 0 Å². The van der Waals surface area contributed by atoms with Crippen LogP contribution >= 0.6 is 0 Å². The molecule has 0 amide bonds. The number of nitrogens with one attached hydrogen (secondary N) is 2. The Morgan fingerprint density at radius 3 is 2.81 bits per heavy atom. The number of benzene rings is 1. The third-order valence-electron chi connectivity index (χ3n) is 6.93. The highest BCUT2D eigenvalue weighted by molar-refractivity contribution is 5.33. The molecular weight excluding hydrogens is 398 g/mol. The molecule has 0 saturated carbocycles. The number of nitrogens with zero attached hydrogens (tertiary/aromatic N) is 4. The molecule has 31 heavy (non-hydrogen) atoms. The van der Waals surface area contributed by atoms with Crippen LogP contribution in [-0.4, -0.2) is 53.6 Å². The summed E-state index contributed by atoms with van der Waals surface area (Å²) in [5, 5.41) is 0. The first-order chi connectivity index (χ1) is 15.2. The van der Waals surface area contributed by atoms with Gasteiger partial charge in [-0.15, -0.1) is 0 Å². The number of halogens is 2. The van der Waals surface area contributed by atoms with Gasteiger partial charge in [0.05, 0.1) is 5.69 Å². The molecule has 5 rings (SSSR count). The maximum Gasteiger partial charge on any atom is 0.225 e. The van der Waals surface area contributed by atoms with Crippen molar-refractivity contribution in [2.45, 2.75) is 44.2 Å². The van der Waals surface area contributed by atoms with Crippen LogP contribution in [0.15, 0.2) is 30.5 Å². The minimum Gasteiger partial charge on any atom is -0.341 e. The van der Waals surface area contributed by atoms with E-state index in [1.807, 2.05) is 12.3 Å². The van der Waals surface area contributed by atoms with Crippen molar-refractivity contribution in [1.82, 2.24) is 25.7 Å². The summed E-state index contributed by atoms with van der Waals surface area (Å²) in [7, 11) is 0. The number of aromatic nitrogens is 2. The number of rotatable bonds is 5. The summed E-state index contributed by atoms with van der Waals surface area (Å²) in [6.07, 6.45) is 6.45. The molecule has 1 aromatic carbocycles. The molecule has 2 N–H and O–H groups in total. The van der Waals surface area contributed by atoms with E-state index in [9.17, 15) is 8.78 Å². The summed E-state index contributed by atoms with van der Waals surface area (Å²) in [5.74, 6) is 0.0206. The molecule has 6 nitrogen and oxygen atoms in total. The van der Waals surface area contributed by atoms with Crippen molar-refractivity contribution in [3.05, 3.63) is 53.4 Å². The molecule has 1 aromatic heterocycles. The summed E-state index contributed by atoms with van der Waals surface area (Å²) in [4.78, 5) is 13.9. The molecule has 3 aliphatic rings. The molecule has 166 valence electrons. The predicted molar refractivity (Wildman–Crippen MR) is 116 cm³/mol. The van der Waals surface area contributed by atoms with E-state index in [2.05, 4.69) is 25.6 Å². The number of anilines is 1. The van der Waals surface area contributed by atoms with Gasteiger partial charge in [0.1, 0.15) is 0 Å². The zero-order valence-electron chi connectivity index (χ0n) is 17.7. The van der Waals surface area contributed by atoms with Gasteiger partial charge in [-0.05, 0) is 50.3 Å². The Morgan fingerprint density at radius 1 is 1.06 bits per heavy atom. The molecule has 3 saturated heterocycles. The molecule has 8 heteroatoms. The number of piperidine rings is 1. The summed E-state index contributed by atoms with van der Waals surface area (Å²) in [5.41, 5.74) is 8.33.